The topological polar surface area (TPSA) is 86.8 Å². The first-order valence-corrected chi connectivity index (χ1v) is 15.5. The van der Waals surface area contributed by atoms with Crippen molar-refractivity contribution >= 4 is 50.7 Å². The van der Waals surface area contributed by atoms with Crippen LogP contribution in [0.3, 0.4) is 0 Å². The van der Waals surface area contributed by atoms with Crippen LogP contribution in [0.15, 0.2) is 71.6 Å². The number of hydrogen-bond donors (Lipinski definition) is 1. The van der Waals surface area contributed by atoms with Gasteiger partial charge in [0, 0.05) is 28.2 Å². The maximum Gasteiger partial charge on any atom is 0.264 e. The number of carbonyl (C=O) groups excluding carboxylic acids is 2. The van der Waals surface area contributed by atoms with Gasteiger partial charge in [-0.1, -0.05) is 71.9 Å². The van der Waals surface area contributed by atoms with Gasteiger partial charge in [-0.3, -0.25) is 13.9 Å². The molecule has 0 radical (unpaired) electrons. The molecule has 1 atom stereocenters. The Hall–Kier alpha value is -3.14. The molecular weight excluding hydrogens is 588 g/mol. The second kappa shape index (κ2) is 13.2. The average Bonchev–Trinajstić information content (AvgIpc) is 3.43. The fraction of sp³-hybridized carbons (Fsp3) is 0.333. The van der Waals surface area contributed by atoms with E-state index >= 15 is 0 Å². The highest BCUT2D eigenvalue weighted by Gasteiger charge is 2.34. The first-order valence-electron chi connectivity index (χ1n) is 13.3. The van der Waals surface area contributed by atoms with Crippen molar-refractivity contribution in [2.45, 2.75) is 63.1 Å². The number of aryl methyl sites for hydroxylation is 1. The van der Waals surface area contributed by atoms with Gasteiger partial charge >= 0.3 is 0 Å². The van der Waals surface area contributed by atoms with Crippen LogP contribution in [0.2, 0.25) is 10.0 Å². The Kier molecular flexibility index (Phi) is 9.94. The molecule has 0 spiro atoms. The standard InChI is InChI=1S/C30H32Cl2FN3O4S/c1-20-11-13-27(14-12-20)41(39,40)36(26-16-23(31)15-24(32)17-26)19-29(37)35(18-22-7-3-6-10-28(22)33)21(2)30(38)34-25-8-4-5-9-25/h3,6-7,10-17,21,25H,4-5,8-9,18-19H2,1-2H3,(H,34,38)/t21-/m1/s1. The second-order valence-corrected chi connectivity index (χ2v) is 13.0. The molecule has 3 aromatic carbocycles. The van der Waals surface area contributed by atoms with Crippen molar-refractivity contribution < 1.29 is 22.4 Å². The number of benzene rings is 3. The smallest absolute Gasteiger partial charge is 0.264 e. The minimum atomic E-state index is -4.28. The van der Waals surface area contributed by atoms with Crippen molar-refractivity contribution in [3.05, 3.63) is 93.7 Å². The minimum absolute atomic E-state index is 0.00220. The fourth-order valence-electron chi connectivity index (χ4n) is 4.83. The van der Waals surface area contributed by atoms with Gasteiger partial charge in [0.15, 0.2) is 0 Å². The van der Waals surface area contributed by atoms with Gasteiger partial charge in [0.2, 0.25) is 11.8 Å². The van der Waals surface area contributed by atoms with E-state index in [0.717, 1.165) is 35.6 Å². The highest BCUT2D eigenvalue weighted by Crippen LogP contribution is 2.30. The average molecular weight is 621 g/mol. The number of anilines is 1. The number of hydrogen-bond acceptors (Lipinski definition) is 4. The molecule has 0 bridgehead atoms. The summed E-state index contributed by atoms with van der Waals surface area (Å²) >= 11 is 12.4. The Labute approximate surface area is 250 Å². The lowest BCUT2D eigenvalue weighted by Crippen LogP contribution is -2.52. The fourth-order valence-corrected chi connectivity index (χ4v) is 6.75. The van der Waals surface area contributed by atoms with E-state index in [-0.39, 0.29) is 44.7 Å². The Balaban J connectivity index is 1.72. The summed E-state index contributed by atoms with van der Waals surface area (Å²) in [7, 11) is -4.28. The molecule has 41 heavy (non-hydrogen) atoms. The number of carbonyl (C=O) groups is 2. The van der Waals surface area contributed by atoms with Crippen LogP contribution in [-0.4, -0.2) is 43.8 Å². The van der Waals surface area contributed by atoms with Crippen LogP contribution in [-0.2, 0) is 26.2 Å². The summed E-state index contributed by atoms with van der Waals surface area (Å²) < 4.78 is 43.4. The van der Waals surface area contributed by atoms with E-state index < -0.39 is 34.3 Å². The summed E-state index contributed by atoms with van der Waals surface area (Å²) in [6.07, 6.45) is 3.70. The van der Waals surface area contributed by atoms with Gasteiger partial charge in [-0.2, -0.15) is 0 Å². The molecule has 1 saturated carbocycles. The Bertz CT molecular complexity index is 1490. The molecular formula is C30H32Cl2FN3O4S. The molecule has 2 amide bonds. The quantitative estimate of drug-likeness (QED) is 0.296. The van der Waals surface area contributed by atoms with Crippen molar-refractivity contribution in [3.8, 4) is 0 Å². The summed E-state index contributed by atoms with van der Waals surface area (Å²) in [6, 6.07) is 15.4. The lowest BCUT2D eigenvalue weighted by molar-refractivity contribution is -0.139. The number of nitrogens with one attached hydrogen (secondary N) is 1. The molecule has 0 unspecified atom stereocenters. The molecule has 218 valence electrons. The summed E-state index contributed by atoms with van der Waals surface area (Å²) in [5, 5.41) is 3.34. The zero-order valence-corrected chi connectivity index (χ0v) is 25.1. The van der Waals surface area contributed by atoms with E-state index in [9.17, 15) is 22.4 Å². The maximum absolute atomic E-state index is 14.7. The Morgan fingerprint density at radius 1 is 1.00 bits per heavy atom. The number of sulfonamides is 1. The number of nitrogens with zero attached hydrogens (tertiary/aromatic N) is 2. The summed E-state index contributed by atoms with van der Waals surface area (Å²) in [5.74, 6) is -1.63. The van der Waals surface area contributed by atoms with Crippen LogP contribution < -0.4 is 9.62 Å². The first kappa shape index (κ1) is 30.8. The highest BCUT2D eigenvalue weighted by molar-refractivity contribution is 7.92. The van der Waals surface area contributed by atoms with E-state index in [2.05, 4.69) is 5.32 Å². The normalized spacial score (nSPS) is 14.5. The molecule has 0 saturated heterocycles. The molecule has 1 N–H and O–H groups in total. The van der Waals surface area contributed by atoms with Gasteiger partial charge in [-0.05, 0) is 63.1 Å². The highest BCUT2D eigenvalue weighted by atomic mass is 35.5. The van der Waals surface area contributed by atoms with Crippen molar-refractivity contribution in [2.24, 2.45) is 0 Å². The maximum atomic E-state index is 14.7. The van der Waals surface area contributed by atoms with Crippen LogP contribution in [0.25, 0.3) is 0 Å². The lowest BCUT2D eigenvalue weighted by Gasteiger charge is -2.32. The van der Waals surface area contributed by atoms with Gasteiger partial charge in [0.25, 0.3) is 10.0 Å². The molecule has 0 heterocycles. The van der Waals surface area contributed by atoms with Gasteiger partial charge < -0.3 is 10.2 Å². The van der Waals surface area contributed by atoms with E-state index in [0.29, 0.717) is 0 Å². The van der Waals surface area contributed by atoms with Gasteiger partial charge in [0.1, 0.15) is 18.4 Å². The lowest BCUT2D eigenvalue weighted by atomic mass is 10.1. The van der Waals surface area contributed by atoms with Crippen LogP contribution >= 0.6 is 23.2 Å². The van der Waals surface area contributed by atoms with Gasteiger partial charge in [0.05, 0.1) is 10.6 Å². The summed E-state index contributed by atoms with van der Waals surface area (Å²) in [6.45, 7) is 2.47. The van der Waals surface area contributed by atoms with Gasteiger partial charge in [-0.25, -0.2) is 12.8 Å². The summed E-state index contributed by atoms with van der Waals surface area (Å²) in [4.78, 5) is 28.4. The van der Waals surface area contributed by atoms with Crippen molar-refractivity contribution in [1.29, 1.82) is 0 Å². The van der Waals surface area contributed by atoms with E-state index in [4.69, 9.17) is 23.2 Å². The van der Waals surface area contributed by atoms with Crippen LogP contribution in [0.5, 0.6) is 0 Å². The van der Waals surface area contributed by atoms with Crippen molar-refractivity contribution in [2.75, 3.05) is 10.8 Å². The van der Waals surface area contributed by atoms with E-state index in [1.165, 1.54) is 53.4 Å². The zero-order chi connectivity index (χ0) is 29.7. The molecule has 1 aliphatic carbocycles. The van der Waals surface area contributed by atoms with Crippen molar-refractivity contribution in [3.63, 3.8) is 0 Å². The molecule has 1 aliphatic rings. The monoisotopic (exact) mass is 619 g/mol. The summed E-state index contributed by atoms with van der Waals surface area (Å²) in [5.41, 5.74) is 1.13. The minimum Gasteiger partial charge on any atom is -0.352 e. The first-order chi connectivity index (χ1) is 19.5. The van der Waals surface area contributed by atoms with Crippen molar-refractivity contribution in [1.82, 2.24) is 10.2 Å². The predicted octanol–water partition coefficient (Wildman–Crippen LogP) is 6.11. The third-order valence-electron chi connectivity index (χ3n) is 7.19. The Morgan fingerprint density at radius 2 is 1.61 bits per heavy atom. The zero-order valence-electron chi connectivity index (χ0n) is 22.8. The molecule has 0 aromatic heterocycles. The number of rotatable bonds is 10. The SMILES string of the molecule is Cc1ccc(S(=O)(=O)N(CC(=O)N(Cc2ccccc2F)[C@H](C)C(=O)NC2CCCC2)c2cc(Cl)cc(Cl)c2)cc1. The van der Waals surface area contributed by atoms with Crippen LogP contribution in [0.4, 0.5) is 10.1 Å². The number of amides is 2. The third-order valence-corrected chi connectivity index (χ3v) is 9.42. The molecule has 11 heteroatoms. The van der Waals surface area contributed by atoms with E-state index in [1.807, 2.05) is 6.92 Å². The van der Waals surface area contributed by atoms with Gasteiger partial charge in [-0.15, -0.1) is 0 Å². The molecule has 0 aliphatic heterocycles. The molecule has 1 fully saturated rings. The largest absolute Gasteiger partial charge is 0.352 e. The van der Waals surface area contributed by atoms with Crippen LogP contribution in [0, 0.1) is 12.7 Å². The molecule has 4 rings (SSSR count). The molecule has 3 aromatic rings. The predicted molar refractivity (Wildman–Crippen MR) is 159 cm³/mol. The van der Waals surface area contributed by atoms with Crippen LogP contribution in [0.1, 0.15) is 43.7 Å². The Morgan fingerprint density at radius 3 is 2.22 bits per heavy atom. The van der Waals surface area contributed by atoms with E-state index in [1.54, 1.807) is 25.1 Å². The second-order valence-electron chi connectivity index (χ2n) is 10.2. The third kappa shape index (κ3) is 7.58. The molecule has 7 nitrogen and oxygen atoms in total. The number of halogens is 3.